The lowest BCUT2D eigenvalue weighted by atomic mass is 9.98. The SMILES string of the molecule is COc1cc(OC)c(C2CC(C(=O)O)=Nc3ncnn32)cc1OC. The summed E-state index contributed by atoms with van der Waals surface area (Å²) in [6, 6.07) is 3.01. The highest BCUT2D eigenvalue weighted by atomic mass is 16.5. The van der Waals surface area contributed by atoms with E-state index in [1.54, 1.807) is 16.8 Å². The molecule has 24 heavy (non-hydrogen) atoms. The van der Waals surface area contributed by atoms with Gasteiger partial charge in [0.2, 0.25) is 5.95 Å². The molecule has 0 bridgehead atoms. The number of methoxy groups -OCH3 is 3. The first-order chi connectivity index (χ1) is 11.6. The van der Waals surface area contributed by atoms with E-state index in [0.29, 0.717) is 22.8 Å². The second-order valence-corrected chi connectivity index (χ2v) is 5.04. The van der Waals surface area contributed by atoms with Crippen LogP contribution < -0.4 is 14.2 Å². The van der Waals surface area contributed by atoms with E-state index in [9.17, 15) is 9.90 Å². The summed E-state index contributed by atoms with van der Waals surface area (Å²) in [4.78, 5) is 19.4. The highest BCUT2D eigenvalue weighted by Gasteiger charge is 2.31. The Bertz CT molecular complexity index is 814. The van der Waals surface area contributed by atoms with Crippen LogP contribution in [0.1, 0.15) is 18.0 Å². The van der Waals surface area contributed by atoms with Gasteiger partial charge < -0.3 is 19.3 Å². The van der Waals surface area contributed by atoms with Crippen molar-refractivity contribution >= 4 is 17.6 Å². The zero-order valence-corrected chi connectivity index (χ0v) is 13.4. The molecular weight excluding hydrogens is 316 g/mol. The molecule has 1 aliphatic rings. The summed E-state index contributed by atoms with van der Waals surface area (Å²) in [6.07, 6.45) is 1.49. The molecule has 0 saturated carbocycles. The average molecular weight is 332 g/mol. The number of carboxylic acid groups (broad SMARTS) is 1. The molecular formula is C15H16N4O5. The Morgan fingerprint density at radius 2 is 1.83 bits per heavy atom. The lowest BCUT2D eigenvalue weighted by Gasteiger charge is -2.24. The van der Waals surface area contributed by atoms with Crippen molar-refractivity contribution in [1.29, 1.82) is 0 Å². The van der Waals surface area contributed by atoms with Crippen LogP contribution in [0.15, 0.2) is 23.5 Å². The lowest BCUT2D eigenvalue weighted by molar-refractivity contribution is -0.129. The number of aliphatic carboxylic acids is 1. The fraction of sp³-hybridized carbons (Fsp3) is 0.333. The predicted molar refractivity (Wildman–Crippen MR) is 83.6 cm³/mol. The first-order valence-corrected chi connectivity index (χ1v) is 7.09. The van der Waals surface area contributed by atoms with Crippen LogP contribution in [-0.4, -0.2) is 52.9 Å². The molecule has 1 aromatic carbocycles. The van der Waals surface area contributed by atoms with Crippen molar-refractivity contribution in [1.82, 2.24) is 14.8 Å². The monoisotopic (exact) mass is 332 g/mol. The second-order valence-electron chi connectivity index (χ2n) is 5.04. The van der Waals surface area contributed by atoms with Crippen molar-refractivity contribution in [2.45, 2.75) is 12.5 Å². The van der Waals surface area contributed by atoms with Crippen LogP contribution >= 0.6 is 0 Å². The number of aromatic nitrogens is 3. The van der Waals surface area contributed by atoms with Crippen LogP contribution in [0.25, 0.3) is 0 Å². The van der Waals surface area contributed by atoms with Crippen molar-refractivity contribution in [3.05, 3.63) is 24.0 Å². The maximum Gasteiger partial charge on any atom is 0.350 e. The third-order valence-corrected chi connectivity index (χ3v) is 3.81. The molecule has 2 aromatic rings. The third-order valence-electron chi connectivity index (χ3n) is 3.81. The van der Waals surface area contributed by atoms with Gasteiger partial charge in [-0.25, -0.2) is 14.5 Å². The van der Waals surface area contributed by atoms with Crippen LogP contribution in [0.3, 0.4) is 0 Å². The quantitative estimate of drug-likeness (QED) is 0.883. The van der Waals surface area contributed by atoms with Crippen LogP contribution in [-0.2, 0) is 4.79 Å². The zero-order valence-electron chi connectivity index (χ0n) is 13.4. The number of hydrogen-bond acceptors (Lipinski definition) is 7. The maximum atomic E-state index is 11.4. The normalized spacial score (nSPS) is 16.1. The molecule has 1 N–H and O–H groups in total. The molecule has 1 unspecified atom stereocenters. The average Bonchev–Trinajstić information content (AvgIpc) is 3.08. The van der Waals surface area contributed by atoms with E-state index in [0.717, 1.165) is 0 Å². The van der Waals surface area contributed by atoms with E-state index in [2.05, 4.69) is 15.1 Å². The minimum Gasteiger partial charge on any atom is -0.496 e. The van der Waals surface area contributed by atoms with Crippen LogP contribution in [0.2, 0.25) is 0 Å². The van der Waals surface area contributed by atoms with Crippen LogP contribution in [0.4, 0.5) is 5.95 Å². The molecule has 3 rings (SSSR count). The van der Waals surface area contributed by atoms with Gasteiger partial charge in [0, 0.05) is 18.1 Å². The van der Waals surface area contributed by atoms with Gasteiger partial charge in [-0.2, -0.15) is 10.1 Å². The summed E-state index contributed by atoms with van der Waals surface area (Å²) in [7, 11) is 4.59. The number of rotatable bonds is 5. The highest BCUT2D eigenvalue weighted by molar-refractivity contribution is 6.36. The zero-order chi connectivity index (χ0) is 17.3. The molecule has 126 valence electrons. The molecule has 1 aliphatic heterocycles. The number of hydrogen-bond donors (Lipinski definition) is 1. The molecule has 1 atom stereocenters. The molecule has 0 fully saturated rings. The number of carbonyl (C=O) groups is 1. The first kappa shape index (κ1) is 15.8. The van der Waals surface area contributed by atoms with Crippen LogP contribution in [0, 0.1) is 0 Å². The number of benzene rings is 1. The summed E-state index contributed by atoms with van der Waals surface area (Å²) in [5, 5.41) is 13.5. The molecule has 2 heterocycles. The Hall–Kier alpha value is -3.10. The molecule has 9 heteroatoms. The van der Waals surface area contributed by atoms with Crippen molar-refractivity contribution in [2.75, 3.05) is 21.3 Å². The smallest absolute Gasteiger partial charge is 0.350 e. The van der Waals surface area contributed by atoms with Crippen LogP contribution in [0.5, 0.6) is 17.2 Å². The molecule has 1 aromatic heterocycles. The Balaban J connectivity index is 2.15. The van der Waals surface area contributed by atoms with Gasteiger partial charge in [0.15, 0.2) is 11.5 Å². The Labute approximate surface area is 137 Å². The van der Waals surface area contributed by atoms with E-state index in [1.807, 2.05) is 0 Å². The van der Waals surface area contributed by atoms with E-state index < -0.39 is 12.0 Å². The van der Waals surface area contributed by atoms with Crippen molar-refractivity contribution in [2.24, 2.45) is 4.99 Å². The predicted octanol–water partition coefficient (Wildman–Crippen LogP) is 1.45. The highest BCUT2D eigenvalue weighted by Crippen LogP contribution is 2.41. The molecule has 0 spiro atoms. The molecule has 9 nitrogen and oxygen atoms in total. The van der Waals surface area contributed by atoms with Gasteiger partial charge in [-0.3, -0.25) is 0 Å². The Morgan fingerprint density at radius 3 is 2.46 bits per heavy atom. The Morgan fingerprint density at radius 1 is 1.17 bits per heavy atom. The minimum atomic E-state index is -1.09. The molecule has 0 amide bonds. The number of ether oxygens (including phenoxy) is 3. The fourth-order valence-electron chi connectivity index (χ4n) is 2.67. The van der Waals surface area contributed by atoms with Crippen molar-refractivity contribution < 1.29 is 24.1 Å². The lowest BCUT2D eigenvalue weighted by Crippen LogP contribution is -2.25. The van der Waals surface area contributed by atoms with Gasteiger partial charge in [-0.15, -0.1) is 0 Å². The summed E-state index contributed by atoms with van der Waals surface area (Å²) in [5.41, 5.74) is 0.716. The summed E-state index contributed by atoms with van der Waals surface area (Å²) in [6.45, 7) is 0. The fourth-order valence-corrected chi connectivity index (χ4v) is 2.67. The van der Waals surface area contributed by atoms with Crippen molar-refractivity contribution in [3.8, 4) is 17.2 Å². The summed E-state index contributed by atoms with van der Waals surface area (Å²) < 4.78 is 17.6. The maximum absolute atomic E-state index is 11.4. The van der Waals surface area contributed by atoms with Gasteiger partial charge in [0.1, 0.15) is 17.8 Å². The molecule has 0 aliphatic carbocycles. The summed E-state index contributed by atoms with van der Waals surface area (Å²) >= 11 is 0. The molecule has 0 radical (unpaired) electrons. The standard InChI is InChI=1S/C15H16N4O5/c1-22-11-6-13(24-3)12(23-2)4-8(11)10-5-9(14(20)21)18-15-16-7-17-19(10)15/h4,6-7,10H,5H2,1-3H3,(H,20,21). The number of aliphatic imine (C=N–C) groups is 1. The van der Waals surface area contributed by atoms with Gasteiger partial charge in [-0.05, 0) is 6.07 Å². The topological polar surface area (TPSA) is 108 Å². The van der Waals surface area contributed by atoms with Gasteiger partial charge >= 0.3 is 5.97 Å². The van der Waals surface area contributed by atoms with E-state index in [4.69, 9.17) is 14.2 Å². The first-order valence-electron chi connectivity index (χ1n) is 7.09. The van der Waals surface area contributed by atoms with E-state index in [-0.39, 0.29) is 18.1 Å². The van der Waals surface area contributed by atoms with Gasteiger partial charge in [0.05, 0.1) is 27.4 Å². The van der Waals surface area contributed by atoms with Gasteiger partial charge in [-0.1, -0.05) is 0 Å². The number of nitrogens with zero attached hydrogens (tertiary/aromatic N) is 4. The molecule has 0 saturated heterocycles. The van der Waals surface area contributed by atoms with Gasteiger partial charge in [0.25, 0.3) is 0 Å². The second kappa shape index (κ2) is 6.19. The Kier molecular flexibility index (Phi) is 4.07. The largest absolute Gasteiger partial charge is 0.496 e. The number of fused-ring (bicyclic) bond motifs is 1. The third kappa shape index (κ3) is 2.53. The minimum absolute atomic E-state index is 0.0114. The summed E-state index contributed by atoms with van der Waals surface area (Å²) in [5.74, 6) is 0.703. The van der Waals surface area contributed by atoms with E-state index >= 15 is 0 Å². The van der Waals surface area contributed by atoms with E-state index in [1.165, 1.54) is 27.7 Å². The number of carboxylic acids is 1. The van der Waals surface area contributed by atoms with Crippen molar-refractivity contribution in [3.63, 3.8) is 0 Å².